The topological polar surface area (TPSA) is 57.3 Å². The fourth-order valence-corrected chi connectivity index (χ4v) is 3.79. The van der Waals surface area contributed by atoms with Gasteiger partial charge in [-0.05, 0) is 38.4 Å². The number of likely N-dealkylation sites (tertiary alicyclic amines) is 1. The fourth-order valence-electron chi connectivity index (χ4n) is 3.08. The molecule has 0 bridgehead atoms. The van der Waals surface area contributed by atoms with Gasteiger partial charge in [0.2, 0.25) is 0 Å². The molecule has 2 amide bonds. The minimum Gasteiger partial charge on any atom is -0.336 e. The van der Waals surface area contributed by atoms with Gasteiger partial charge >= 0.3 is 6.03 Å². The van der Waals surface area contributed by atoms with E-state index >= 15 is 0 Å². The van der Waals surface area contributed by atoms with Gasteiger partial charge in [0.1, 0.15) is 5.01 Å². The molecule has 0 aliphatic carbocycles. The highest BCUT2D eigenvalue weighted by atomic mass is 32.1. The van der Waals surface area contributed by atoms with E-state index in [1.807, 2.05) is 18.4 Å². The van der Waals surface area contributed by atoms with Gasteiger partial charge in [-0.2, -0.15) is 0 Å². The summed E-state index contributed by atoms with van der Waals surface area (Å²) in [4.78, 5) is 18.9. The molecule has 1 aliphatic rings. The zero-order chi connectivity index (χ0) is 16.8. The number of aryl methyl sites for hydroxylation is 1. The Morgan fingerprint density at radius 3 is 2.67 bits per heavy atom. The average Bonchev–Trinajstić information content (AvgIpc) is 3.26. The van der Waals surface area contributed by atoms with E-state index in [9.17, 15) is 4.79 Å². The molecule has 6 heteroatoms. The van der Waals surface area contributed by atoms with Crippen molar-refractivity contribution in [2.75, 3.05) is 19.6 Å². The number of hydrogen-bond donors (Lipinski definition) is 2. The second-order valence-electron chi connectivity index (χ2n) is 6.12. The van der Waals surface area contributed by atoms with Crippen molar-refractivity contribution in [2.24, 2.45) is 0 Å². The van der Waals surface area contributed by atoms with Gasteiger partial charge in [0.15, 0.2) is 0 Å². The van der Waals surface area contributed by atoms with E-state index < -0.39 is 0 Å². The number of aromatic nitrogens is 1. The standard InChI is InChI=1S/C18H24N4OS/c1-14-13-24-17(21-14)12-20-18(23)19-11-16(22-9-5-6-10-22)15-7-3-2-4-8-15/h2-4,7-8,13,16H,5-6,9-12H2,1H3,(H2,19,20,23)/t16-/m0/s1. The molecule has 1 aromatic heterocycles. The van der Waals surface area contributed by atoms with Crippen LogP contribution in [0.15, 0.2) is 35.7 Å². The Morgan fingerprint density at radius 1 is 1.25 bits per heavy atom. The largest absolute Gasteiger partial charge is 0.336 e. The lowest BCUT2D eigenvalue weighted by Gasteiger charge is -2.28. The zero-order valence-corrected chi connectivity index (χ0v) is 14.8. The highest BCUT2D eigenvalue weighted by Crippen LogP contribution is 2.24. The number of nitrogens with zero attached hydrogens (tertiary/aromatic N) is 2. The first kappa shape index (κ1) is 16.9. The van der Waals surface area contributed by atoms with Crippen LogP contribution in [0.5, 0.6) is 0 Å². The molecule has 1 saturated heterocycles. The van der Waals surface area contributed by atoms with E-state index in [-0.39, 0.29) is 12.1 Å². The van der Waals surface area contributed by atoms with Crippen LogP contribution in [0.3, 0.4) is 0 Å². The van der Waals surface area contributed by atoms with Gasteiger partial charge in [0.25, 0.3) is 0 Å². The molecule has 1 aromatic carbocycles. The minimum atomic E-state index is -0.136. The van der Waals surface area contributed by atoms with Crippen molar-refractivity contribution in [3.63, 3.8) is 0 Å². The molecule has 2 heterocycles. The third-order valence-corrected chi connectivity index (χ3v) is 5.26. The van der Waals surface area contributed by atoms with Crippen molar-refractivity contribution in [1.82, 2.24) is 20.5 Å². The van der Waals surface area contributed by atoms with Crippen LogP contribution in [0.2, 0.25) is 0 Å². The Morgan fingerprint density at radius 2 is 2.00 bits per heavy atom. The van der Waals surface area contributed by atoms with E-state index in [0.717, 1.165) is 23.8 Å². The lowest BCUT2D eigenvalue weighted by molar-refractivity contribution is 0.220. The fraction of sp³-hybridized carbons (Fsp3) is 0.444. The van der Waals surface area contributed by atoms with Gasteiger partial charge in [-0.15, -0.1) is 11.3 Å². The lowest BCUT2D eigenvalue weighted by Crippen LogP contribution is -2.41. The van der Waals surface area contributed by atoms with E-state index in [2.05, 4.69) is 44.8 Å². The summed E-state index contributed by atoms with van der Waals surface area (Å²) in [6, 6.07) is 10.5. The quantitative estimate of drug-likeness (QED) is 0.847. The van der Waals surface area contributed by atoms with Crippen LogP contribution < -0.4 is 10.6 Å². The molecule has 0 spiro atoms. The molecular formula is C18H24N4OS. The summed E-state index contributed by atoms with van der Waals surface area (Å²) in [6.45, 7) is 5.25. The van der Waals surface area contributed by atoms with Crippen LogP contribution in [-0.2, 0) is 6.54 Å². The van der Waals surface area contributed by atoms with Crippen LogP contribution in [0.25, 0.3) is 0 Å². The predicted octanol–water partition coefficient (Wildman–Crippen LogP) is 3.09. The Labute approximate surface area is 147 Å². The first-order valence-electron chi connectivity index (χ1n) is 8.44. The van der Waals surface area contributed by atoms with Gasteiger partial charge in [0, 0.05) is 17.6 Å². The summed E-state index contributed by atoms with van der Waals surface area (Å²) in [5.74, 6) is 0. The molecule has 1 fully saturated rings. The van der Waals surface area contributed by atoms with Crippen molar-refractivity contribution >= 4 is 17.4 Å². The number of thiazole rings is 1. The normalized spacial score (nSPS) is 16.0. The van der Waals surface area contributed by atoms with Crippen LogP contribution in [0, 0.1) is 6.92 Å². The Hall–Kier alpha value is -1.92. The van der Waals surface area contributed by atoms with Crippen LogP contribution in [0.4, 0.5) is 4.79 Å². The molecule has 1 atom stereocenters. The van der Waals surface area contributed by atoms with Crippen molar-refractivity contribution in [3.05, 3.63) is 52.0 Å². The minimum absolute atomic E-state index is 0.136. The number of urea groups is 1. The number of hydrogen-bond acceptors (Lipinski definition) is 4. The number of rotatable bonds is 6. The summed E-state index contributed by atoms with van der Waals surface area (Å²) in [5, 5.41) is 8.84. The van der Waals surface area contributed by atoms with Crippen molar-refractivity contribution in [1.29, 1.82) is 0 Å². The van der Waals surface area contributed by atoms with Gasteiger partial charge in [0.05, 0.1) is 12.6 Å². The maximum absolute atomic E-state index is 12.1. The third-order valence-electron chi connectivity index (χ3n) is 4.29. The second kappa shape index (κ2) is 8.26. The van der Waals surface area contributed by atoms with Crippen LogP contribution in [-0.4, -0.2) is 35.5 Å². The summed E-state index contributed by atoms with van der Waals surface area (Å²) in [7, 11) is 0. The second-order valence-corrected chi connectivity index (χ2v) is 7.06. The summed E-state index contributed by atoms with van der Waals surface area (Å²) < 4.78 is 0. The van der Waals surface area contributed by atoms with Crippen LogP contribution in [0.1, 0.15) is 35.1 Å². The van der Waals surface area contributed by atoms with Crippen molar-refractivity contribution in [2.45, 2.75) is 32.4 Å². The molecule has 0 saturated carbocycles. The number of amides is 2. The van der Waals surface area contributed by atoms with Gasteiger partial charge < -0.3 is 10.6 Å². The first-order valence-corrected chi connectivity index (χ1v) is 9.32. The molecular weight excluding hydrogens is 320 g/mol. The number of carbonyl (C=O) groups excluding carboxylic acids is 1. The number of carbonyl (C=O) groups is 1. The SMILES string of the molecule is Cc1csc(CNC(=O)NC[C@@H](c2ccccc2)N2CCCC2)n1. The molecule has 0 unspecified atom stereocenters. The van der Waals surface area contributed by atoms with Crippen LogP contribution >= 0.6 is 11.3 Å². The lowest BCUT2D eigenvalue weighted by atomic mass is 10.1. The predicted molar refractivity (Wildman–Crippen MR) is 97.1 cm³/mol. The zero-order valence-electron chi connectivity index (χ0n) is 14.0. The summed E-state index contributed by atoms with van der Waals surface area (Å²) in [6.07, 6.45) is 2.47. The monoisotopic (exact) mass is 344 g/mol. The van der Waals surface area contributed by atoms with Gasteiger partial charge in [-0.1, -0.05) is 30.3 Å². The maximum atomic E-state index is 12.1. The highest BCUT2D eigenvalue weighted by Gasteiger charge is 2.23. The Balaban J connectivity index is 1.54. The highest BCUT2D eigenvalue weighted by molar-refractivity contribution is 7.09. The average molecular weight is 344 g/mol. The molecule has 0 radical (unpaired) electrons. The van der Waals surface area contributed by atoms with Crippen molar-refractivity contribution < 1.29 is 4.79 Å². The summed E-state index contributed by atoms with van der Waals surface area (Å²) >= 11 is 1.57. The third kappa shape index (κ3) is 4.55. The number of nitrogens with one attached hydrogen (secondary N) is 2. The molecule has 2 N–H and O–H groups in total. The Bertz CT molecular complexity index is 652. The van der Waals surface area contributed by atoms with E-state index in [4.69, 9.17) is 0 Å². The Kier molecular flexibility index (Phi) is 5.82. The molecule has 3 rings (SSSR count). The molecule has 128 valence electrons. The molecule has 5 nitrogen and oxygen atoms in total. The molecule has 1 aliphatic heterocycles. The first-order chi connectivity index (χ1) is 11.7. The van der Waals surface area contributed by atoms with E-state index in [0.29, 0.717) is 13.1 Å². The smallest absolute Gasteiger partial charge is 0.315 e. The number of benzene rings is 1. The van der Waals surface area contributed by atoms with E-state index in [1.165, 1.54) is 18.4 Å². The molecule has 24 heavy (non-hydrogen) atoms. The van der Waals surface area contributed by atoms with Gasteiger partial charge in [-0.25, -0.2) is 9.78 Å². The molecule has 2 aromatic rings. The van der Waals surface area contributed by atoms with Crippen molar-refractivity contribution in [3.8, 4) is 0 Å². The van der Waals surface area contributed by atoms with E-state index in [1.54, 1.807) is 11.3 Å². The van der Waals surface area contributed by atoms with Gasteiger partial charge in [-0.3, -0.25) is 4.90 Å². The maximum Gasteiger partial charge on any atom is 0.315 e. The summed E-state index contributed by atoms with van der Waals surface area (Å²) in [5.41, 5.74) is 2.26.